The second kappa shape index (κ2) is 7.35. The van der Waals surface area contributed by atoms with Gasteiger partial charge in [-0.2, -0.15) is 0 Å². The van der Waals surface area contributed by atoms with Crippen LogP contribution in [0.4, 0.5) is 0 Å². The Labute approximate surface area is 162 Å². The monoisotopic (exact) mass is 383 g/mol. The number of amides is 1. The summed E-state index contributed by atoms with van der Waals surface area (Å²) >= 11 is 1.79. The molecular formula is C21H25N3O2S. The van der Waals surface area contributed by atoms with E-state index in [9.17, 15) is 9.59 Å². The molecule has 0 fully saturated rings. The van der Waals surface area contributed by atoms with Crippen LogP contribution < -0.4 is 5.69 Å². The van der Waals surface area contributed by atoms with Gasteiger partial charge in [0, 0.05) is 30.9 Å². The Morgan fingerprint density at radius 2 is 1.89 bits per heavy atom. The van der Waals surface area contributed by atoms with Crippen molar-refractivity contribution >= 4 is 28.3 Å². The highest BCUT2D eigenvalue weighted by molar-refractivity contribution is 7.10. The van der Waals surface area contributed by atoms with Gasteiger partial charge in [0.05, 0.1) is 17.1 Å². The molecule has 1 aliphatic heterocycles. The Hall–Kier alpha value is -2.34. The minimum atomic E-state index is -0.0303. The van der Waals surface area contributed by atoms with Gasteiger partial charge in [0.2, 0.25) is 5.91 Å². The molecule has 0 bridgehead atoms. The SMILES string of the molecule is CCC1c2ccsc2CCN1C(=O)CCn1c(=O)n(CC)c2ccccc21. The molecule has 0 saturated carbocycles. The Kier molecular flexibility index (Phi) is 4.91. The van der Waals surface area contributed by atoms with E-state index in [2.05, 4.69) is 18.4 Å². The van der Waals surface area contributed by atoms with E-state index in [1.807, 2.05) is 36.1 Å². The number of aryl methyl sites for hydroxylation is 2. The number of benzene rings is 1. The fourth-order valence-electron chi connectivity index (χ4n) is 4.28. The fraction of sp³-hybridized carbons (Fsp3) is 0.429. The Balaban J connectivity index is 1.56. The molecule has 4 rings (SSSR count). The minimum absolute atomic E-state index is 0.0303. The van der Waals surface area contributed by atoms with Crippen molar-refractivity contribution in [2.24, 2.45) is 0 Å². The van der Waals surface area contributed by atoms with Gasteiger partial charge in [0.15, 0.2) is 0 Å². The zero-order valence-corrected chi connectivity index (χ0v) is 16.7. The maximum Gasteiger partial charge on any atom is 0.329 e. The molecule has 1 aliphatic rings. The first-order valence-corrected chi connectivity index (χ1v) is 10.6. The molecule has 1 aromatic carbocycles. The highest BCUT2D eigenvalue weighted by atomic mass is 32.1. The summed E-state index contributed by atoms with van der Waals surface area (Å²) in [4.78, 5) is 29.2. The average Bonchev–Trinajstić information content (AvgIpc) is 3.27. The number of hydrogen-bond acceptors (Lipinski definition) is 3. The Morgan fingerprint density at radius 3 is 2.59 bits per heavy atom. The largest absolute Gasteiger partial charge is 0.335 e. The van der Waals surface area contributed by atoms with Crippen LogP contribution in [0.3, 0.4) is 0 Å². The van der Waals surface area contributed by atoms with Crippen molar-refractivity contribution in [2.75, 3.05) is 6.54 Å². The Bertz CT molecular complexity index is 1030. The van der Waals surface area contributed by atoms with Crippen LogP contribution in [0, 0.1) is 0 Å². The second-order valence-corrected chi connectivity index (χ2v) is 7.98. The molecule has 27 heavy (non-hydrogen) atoms. The quantitative estimate of drug-likeness (QED) is 0.673. The smallest absolute Gasteiger partial charge is 0.329 e. The summed E-state index contributed by atoms with van der Waals surface area (Å²) in [6.07, 6.45) is 2.21. The summed E-state index contributed by atoms with van der Waals surface area (Å²) in [5.41, 5.74) is 3.12. The Morgan fingerprint density at radius 1 is 1.15 bits per heavy atom. The lowest BCUT2D eigenvalue weighted by Crippen LogP contribution is -2.40. The maximum absolute atomic E-state index is 13.0. The predicted molar refractivity (Wildman–Crippen MR) is 109 cm³/mol. The molecule has 0 aliphatic carbocycles. The number of para-hydroxylation sites is 2. The van der Waals surface area contributed by atoms with Gasteiger partial charge in [-0.05, 0) is 48.9 Å². The lowest BCUT2D eigenvalue weighted by molar-refractivity contribution is -0.134. The molecule has 142 valence electrons. The number of hydrogen-bond donors (Lipinski definition) is 0. The van der Waals surface area contributed by atoms with Crippen molar-refractivity contribution in [3.63, 3.8) is 0 Å². The molecule has 1 amide bonds. The van der Waals surface area contributed by atoms with Crippen molar-refractivity contribution < 1.29 is 4.79 Å². The summed E-state index contributed by atoms with van der Waals surface area (Å²) in [5.74, 6) is 0.138. The molecule has 3 heterocycles. The predicted octanol–water partition coefficient (Wildman–Crippen LogP) is 3.81. The fourth-order valence-corrected chi connectivity index (χ4v) is 5.21. The van der Waals surface area contributed by atoms with Gasteiger partial charge in [-0.1, -0.05) is 19.1 Å². The zero-order valence-electron chi connectivity index (χ0n) is 15.9. The van der Waals surface area contributed by atoms with E-state index in [0.717, 1.165) is 30.4 Å². The van der Waals surface area contributed by atoms with E-state index in [-0.39, 0.29) is 17.6 Å². The van der Waals surface area contributed by atoms with Crippen LogP contribution in [0.15, 0.2) is 40.5 Å². The first-order chi connectivity index (χ1) is 13.2. The van der Waals surface area contributed by atoms with Gasteiger partial charge in [-0.15, -0.1) is 11.3 Å². The first-order valence-electron chi connectivity index (χ1n) is 9.69. The van der Waals surface area contributed by atoms with Crippen molar-refractivity contribution in [3.8, 4) is 0 Å². The summed E-state index contributed by atoms with van der Waals surface area (Å²) in [7, 11) is 0. The number of rotatable bonds is 5. The third-order valence-electron chi connectivity index (χ3n) is 5.59. The number of nitrogens with zero attached hydrogens (tertiary/aromatic N) is 3. The van der Waals surface area contributed by atoms with Gasteiger partial charge < -0.3 is 4.90 Å². The molecule has 6 heteroatoms. The van der Waals surface area contributed by atoms with E-state index in [1.54, 1.807) is 20.5 Å². The zero-order chi connectivity index (χ0) is 19.0. The molecule has 1 unspecified atom stereocenters. The van der Waals surface area contributed by atoms with Gasteiger partial charge in [-0.3, -0.25) is 13.9 Å². The minimum Gasteiger partial charge on any atom is -0.335 e. The third-order valence-corrected chi connectivity index (χ3v) is 6.59. The van der Waals surface area contributed by atoms with E-state index >= 15 is 0 Å². The lowest BCUT2D eigenvalue weighted by atomic mass is 9.97. The van der Waals surface area contributed by atoms with E-state index in [4.69, 9.17) is 0 Å². The molecule has 0 N–H and O–H groups in total. The second-order valence-electron chi connectivity index (χ2n) is 6.98. The van der Waals surface area contributed by atoms with Crippen LogP contribution in [0.25, 0.3) is 11.0 Å². The van der Waals surface area contributed by atoms with Crippen LogP contribution in [-0.4, -0.2) is 26.5 Å². The topological polar surface area (TPSA) is 47.2 Å². The molecule has 0 spiro atoms. The number of carbonyl (C=O) groups is 1. The van der Waals surface area contributed by atoms with Crippen LogP contribution in [0.1, 0.15) is 43.2 Å². The normalized spacial score (nSPS) is 16.7. The molecule has 5 nitrogen and oxygen atoms in total. The maximum atomic E-state index is 13.0. The molecule has 1 atom stereocenters. The average molecular weight is 384 g/mol. The highest BCUT2D eigenvalue weighted by Gasteiger charge is 2.30. The van der Waals surface area contributed by atoms with Crippen LogP contribution in [0.2, 0.25) is 0 Å². The molecule has 2 aromatic heterocycles. The molecular weight excluding hydrogens is 358 g/mol. The number of carbonyl (C=O) groups excluding carboxylic acids is 1. The number of fused-ring (bicyclic) bond motifs is 2. The lowest BCUT2D eigenvalue weighted by Gasteiger charge is -2.35. The number of aromatic nitrogens is 2. The summed E-state index contributed by atoms with van der Waals surface area (Å²) in [5, 5.41) is 2.13. The van der Waals surface area contributed by atoms with E-state index < -0.39 is 0 Å². The van der Waals surface area contributed by atoms with E-state index in [1.165, 1.54) is 10.4 Å². The van der Waals surface area contributed by atoms with Gasteiger partial charge >= 0.3 is 5.69 Å². The van der Waals surface area contributed by atoms with Crippen molar-refractivity contribution in [1.82, 2.24) is 14.0 Å². The standard InChI is InChI=1S/C21H25N3O2S/c1-3-16-15-11-14-27-19(15)9-12-23(16)20(25)10-13-24-18-8-6-5-7-17(18)22(4-2)21(24)26/h5-8,11,14,16H,3-4,9-10,12-13H2,1-2H3. The third kappa shape index (κ3) is 3.02. The molecule has 3 aromatic rings. The number of imidazole rings is 1. The van der Waals surface area contributed by atoms with Crippen molar-refractivity contribution in [3.05, 3.63) is 56.6 Å². The van der Waals surface area contributed by atoms with E-state index in [0.29, 0.717) is 19.5 Å². The first kappa shape index (κ1) is 18.0. The van der Waals surface area contributed by atoms with Crippen LogP contribution >= 0.6 is 11.3 Å². The summed E-state index contributed by atoms with van der Waals surface area (Å²) in [6, 6.07) is 10.1. The van der Waals surface area contributed by atoms with Crippen LogP contribution in [0.5, 0.6) is 0 Å². The molecule has 0 saturated heterocycles. The van der Waals surface area contributed by atoms with Gasteiger partial charge in [0.25, 0.3) is 0 Å². The van der Waals surface area contributed by atoms with Crippen molar-refractivity contribution in [1.29, 1.82) is 0 Å². The summed E-state index contributed by atoms with van der Waals surface area (Å²) < 4.78 is 3.52. The van der Waals surface area contributed by atoms with Gasteiger partial charge in [-0.25, -0.2) is 4.79 Å². The van der Waals surface area contributed by atoms with Crippen molar-refractivity contribution in [2.45, 2.75) is 52.2 Å². The van der Waals surface area contributed by atoms with Crippen LogP contribution in [-0.2, 0) is 24.3 Å². The number of thiophene rings is 1. The molecule has 0 radical (unpaired) electrons. The van der Waals surface area contributed by atoms with Gasteiger partial charge in [0.1, 0.15) is 0 Å². The summed E-state index contributed by atoms with van der Waals surface area (Å²) in [6.45, 7) is 5.94. The highest BCUT2D eigenvalue weighted by Crippen LogP contribution is 2.35.